The lowest BCUT2D eigenvalue weighted by atomic mass is 10.1. The summed E-state index contributed by atoms with van der Waals surface area (Å²) < 4.78 is 4.99. The fraction of sp³-hybridized carbons (Fsp3) is 0.353. The first-order chi connectivity index (χ1) is 11.4. The Kier molecular flexibility index (Phi) is 5.70. The van der Waals surface area contributed by atoms with Gasteiger partial charge >= 0.3 is 0 Å². The van der Waals surface area contributed by atoms with Crippen LogP contribution in [0.5, 0.6) is 0 Å². The van der Waals surface area contributed by atoms with Crippen molar-refractivity contribution in [2.24, 2.45) is 0 Å². The third kappa shape index (κ3) is 4.42. The van der Waals surface area contributed by atoms with Gasteiger partial charge in [-0.1, -0.05) is 17.3 Å². The molecule has 0 spiro atoms. The van der Waals surface area contributed by atoms with Crippen LogP contribution < -0.4 is 10.6 Å². The van der Waals surface area contributed by atoms with E-state index in [1.165, 1.54) is 0 Å². The Bertz CT molecular complexity index is 709. The van der Waals surface area contributed by atoms with Crippen LogP contribution in [0.4, 0.5) is 5.88 Å². The third-order valence-electron chi connectivity index (χ3n) is 3.79. The van der Waals surface area contributed by atoms with Gasteiger partial charge in [-0.05, 0) is 38.6 Å². The fourth-order valence-electron chi connectivity index (χ4n) is 2.18. The molecule has 2 amide bonds. The van der Waals surface area contributed by atoms with E-state index in [9.17, 15) is 9.59 Å². The molecule has 2 rings (SSSR count). The molecule has 2 aromatic rings. The molecule has 1 atom stereocenters. The minimum atomic E-state index is -0.353. The zero-order valence-electron chi connectivity index (χ0n) is 14.3. The number of benzene rings is 1. The van der Waals surface area contributed by atoms with Gasteiger partial charge in [0.2, 0.25) is 11.8 Å². The van der Waals surface area contributed by atoms with E-state index in [4.69, 9.17) is 4.52 Å². The van der Waals surface area contributed by atoms with Crippen molar-refractivity contribution in [3.63, 3.8) is 0 Å². The summed E-state index contributed by atoms with van der Waals surface area (Å²) in [5.41, 5.74) is 2.33. The molecule has 7 heteroatoms. The minimum Gasteiger partial charge on any atom is -0.355 e. The lowest BCUT2D eigenvalue weighted by Gasteiger charge is -2.23. The predicted molar refractivity (Wildman–Crippen MR) is 90.6 cm³/mol. The molecule has 1 aromatic carbocycles. The molecule has 0 aliphatic rings. The molecule has 7 nitrogen and oxygen atoms in total. The normalized spacial score (nSPS) is 12.0. The molecule has 0 unspecified atom stereocenters. The molecule has 0 aliphatic carbocycles. The number of hydrogen-bond acceptors (Lipinski definition) is 5. The summed E-state index contributed by atoms with van der Waals surface area (Å²) in [5.74, 6) is 0.0494. The molecular formula is C17H22N4O3. The first-order valence-corrected chi connectivity index (χ1v) is 7.66. The Morgan fingerprint density at radius 2 is 1.96 bits per heavy atom. The number of carbonyl (C=O) groups excluding carboxylic acids is 2. The fourth-order valence-corrected chi connectivity index (χ4v) is 2.18. The topological polar surface area (TPSA) is 87.5 Å². The van der Waals surface area contributed by atoms with Gasteiger partial charge < -0.3 is 9.84 Å². The molecule has 0 radical (unpaired) electrons. The van der Waals surface area contributed by atoms with Gasteiger partial charge in [-0.2, -0.15) is 0 Å². The van der Waals surface area contributed by atoms with Gasteiger partial charge in [0.25, 0.3) is 5.91 Å². The van der Waals surface area contributed by atoms with Crippen molar-refractivity contribution >= 4 is 17.7 Å². The van der Waals surface area contributed by atoms with Gasteiger partial charge in [0.15, 0.2) is 0 Å². The number of rotatable bonds is 6. The Balaban J connectivity index is 1.94. The number of aryl methyl sites for hydroxylation is 1. The summed E-state index contributed by atoms with van der Waals surface area (Å²) in [4.78, 5) is 25.7. The summed E-state index contributed by atoms with van der Waals surface area (Å²) in [7, 11) is 3.46. The Morgan fingerprint density at radius 3 is 2.50 bits per heavy atom. The number of carbonyl (C=O) groups is 2. The maximum absolute atomic E-state index is 12.2. The van der Waals surface area contributed by atoms with E-state index in [-0.39, 0.29) is 17.9 Å². The van der Waals surface area contributed by atoms with E-state index in [1.54, 1.807) is 32.2 Å². The molecule has 1 heterocycles. The van der Waals surface area contributed by atoms with Crippen molar-refractivity contribution < 1.29 is 14.1 Å². The van der Waals surface area contributed by atoms with Crippen molar-refractivity contribution in [2.75, 3.05) is 19.4 Å². The number of aromatic nitrogens is 1. The number of amides is 2. The molecule has 0 fully saturated rings. The molecule has 1 aromatic heterocycles. The van der Waals surface area contributed by atoms with Gasteiger partial charge in [0.1, 0.15) is 0 Å². The van der Waals surface area contributed by atoms with Crippen LogP contribution in [-0.2, 0) is 11.3 Å². The summed E-state index contributed by atoms with van der Waals surface area (Å²) in [6.45, 7) is 4.19. The standard InChI is InChI=1S/C17H22N4O3/c1-11-9-15(24-20-11)19-16(22)12(2)21(4)10-13-5-7-14(8-6-13)17(23)18-3/h5-9,12H,10H2,1-4H3,(H,18,23)(H,19,22)/t12-/m0/s1. The van der Waals surface area contributed by atoms with E-state index < -0.39 is 0 Å². The molecule has 0 saturated carbocycles. The predicted octanol–water partition coefficient (Wildman–Crippen LogP) is 1.80. The van der Waals surface area contributed by atoms with Crippen LogP contribution in [-0.4, -0.2) is 42.0 Å². The van der Waals surface area contributed by atoms with Crippen LogP contribution in [0.25, 0.3) is 0 Å². The first-order valence-electron chi connectivity index (χ1n) is 7.66. The third-order valence-corrected chi connectivity index (χ3v) is 3.79. The molecular weight excluding hydrogens is 308 g/mol. The van der Waals surface area contributed by atoms with Crippen LogP contribution in [0.1, 0.15) is 28.5 Å². The second kappa shape index (κ2) is 7.74. The van der Waals surface area contributed by atoms with E-state index in [2.05, 4.69) is 15.8 Å². The van der Waals surface area contributed by atoms with Crippen molar-refractivity contribution in [1.29, 1.82) is 0 Å². The average Bonchev–Trinajstić information content (AvgIpc) is 2.98. The lowest BCUT2D eigenvalue weighted by Crippen LogP contribution is -2.39. The smallest absolute Gasteiger partial charge is 0.251 e. The van der Waals surface area contributed by atoms with Crippen LogP contribution in [0.2, 0.25) is 0 Å². The monoisotopic (exact) mass is 330 g/mol. The highest BCUT2D eigenvalue weighted by atomic mass is 16.5. The highest BCUT2D eigenvalue weighted by Gasteiger charge is 2.19. The first kappa shape index (κ1) is 17.7. The summed E-state index contributed by atoms with van der Waals surface area (Å²) in [5, 5.41) is 9.02. The Morgan fingerprint density at radius 1 is 1.29 bits per heavy atom. The molecule has 0 bridgehead atoms. The van der Waals surface area contributed by atoms with Crippen LogP contribution in [0.3, 0.4) is 0 Å². The minimum absolute atomic E-state index is 0.120. The largest absolute Gasteiger partial charge is 0.355 e. The van der Waals surface area contributed by atoms with E-state index >= 15 is 0 Å². The zero-order valence-corrected chi connectivity index (χ0v) is 14.3. The number of hydrogen-bond donors (Lipinski definition) is 2. The second-order valence-electron chi connectivity index (χ2n) is 5.69. The summed E-state index contributed by atoms with van der Waals surface area (Å²) >= 11 is 0. The second-order valence-corrected chi connectivity index (χ2v) is 5.69. The highest BCUT2D eigenvalue weighted by molar-refractivity contribution is 5.94. The van der Waals surface area contributed by atoms with Gasteiger partial charge in [-0.15, -0.1) is 0 Å². The van der Waals surface area contributed by atoms with Gasteiger partial charge in [0.05, 0.1) is 11.7 Å². The van der Waals surface area contributed by atoms with Crippen molar-refractivity contribution in [1.82, 2.24) is 15.4 Å². The van der Waals surface area contributed by atoms with E-state index in [1.807, 2.05) is 31.0 Å². The number of likely N-dealkylation sites (N-methyl/N-ethyl adjacent to an activating group) is 1. The highest BCUT2D eigenvalue weighted by Crippen LogP contribution is 2.12. The quantitative estimate of drug-likeness (QED) is 0.843. The Hall–Kier alpha value is -2.67. The Labute approximate surface area is 141 Å². The molecule has 128 valence electrons. The van der Waals surface area contributed by atoms with Crippen molar-refractivity contribution in [2.45, 2.75) is 26.4 Å². The van der Waals surface area contributed by atoms with Crippen LogP contribution >= 0.6 is 0 Å². The summed E-state index contributed by atoms with van der Waals surface area (Å²) in [6, 6.07) is 8.61. The van der Waals surface area contributed by atoms with Crippen LogP contribution in [0.15, 0.2) is 34.9 Å². The van der Waals surface area contributed by atoms with E-state index in [0.717, 1.165) is 5.56 Å². The lowest BCUT2D eigenvalue weighted by molar-refractivity contribution is -0.120. The van der Waals surface area contributed by atoms with Gasteiger partial charge in [-0.3, -0.25) is 19.8 Å². The SMILES string of the molecule is CNC(=O)c1ccc(CN(C)[C@@H](C)C(=O)Nc2cc(C)no2)cc1. The van der Waals surface area contributed by atoms with Crippen molar-refractivity contribution in [3.05, 3.63) is 47.2 Å². The van der Waals surface area contributed by atoms with Crippen molar-refractivity contribution in [3.8, 4) is 0 Å². The number of nitrogens with one attached hydrogen (secondary N) is 2. The van der Waals surface area contributed by atoms with E-state index in [0.29, 0.717) is 23.7 Å². The molecule has 2 N–H and O–H groups in total. The molecule has 0 aliphatic heterocycles. The zero-order chi connectivity index (χ0) is 17.7. The maximum atomic E-state index is 12.2. The molecule has 0 saturated heterocycles. The van der Waals surface area contributed by atoms with Gasteiger partial charge in [0, 0.05) is 25.2 Å². The van der Waals surface area contributed by atoms with Gasteiger partial charge in [-0.25, -0.2) is 0 Å². The summed E-state index contributed by atoms with van der Waals surface area (Å²) in [6.07, 6.45) is 0. The number of nitrogens with zero attached hydrogens (tertiary/aromatic N) is 2. The number of anilines is 1. The van der Waals surface area contributed by atoms with Crippen LogP contribution in [0, 0.1) is 6.92 Å². The maximum Gasteiger partial charge on any atom is 0.251 e. The molecule has 24 heavy (non-hydrogen) atoms. The average molecular weight is 330 g/mol.